The van der Waals surface area contributed by atoms with E-state index in [9.17, 15) is 8.78 Å². The minimum absolute atomic E-state index is 0.174. The monoisotopic (exact) mass is 314 g/mol. The highest BCUT2D eigenvalue weighted by Gasteiger charge is 2.14. The molecule has 2 rings (SSSR count). The molecule has 18 heavy (non-hydrogen) atoms. The van der Waals surface area contributed by atoms with Crippen molar-refractivity contribution >= 4 is 32.7 Å². The van der Waals surface area contributed by atoms with Crippen molar-refractivity contribution in [1.29, 1.82) is 0 Å². The van der Waals surface area contributed by atoms with E-state index in [1.807, 2.05) is 6.92 Å². The molecule has 0 unspecified atom stereocenters. The summed E-state index contributed by atoms with van der Waals surface area (Å²) in [5.41, 5.74) is 1.13. The Hall–Kier alpha value is -1.23. The van der Waals surface area contributed by atoms with Crippen molar-refractivity contribution in [2.24, 2.45) is 0 Å². The maximum absolute atomic E-state index is 13.7. The summed E-state index contributed by atoms with van der Waals surface area (Å²) in [4.78, 5) is 4.23. The quantitative estimate of drug-likeness (QED) is 0.856. The lowest BCUT2D eigenvalue weighted by Gasteiger charge is -2.11. The number of aryl methyl sites for hydroxylation is 1. The van der Waals surface area contributed by atoms with Crippen molar-refractivity contribution < 1.29 is 8.78 Å². The zero-order valence-corrected chi connectivity index (χ0v) is 11.7. The first-order valence-electron chi connectivity index (χ1n) is 5.73. The molecule has 2 aromatic rings. The molecular formula is C13H13BrF2N2. The summed E-state index contributed by atoms with van der Waals surface area (Å²) in [7, 11) is 1.74. The van der Waals surface area contributed by atoms with E-state index in [1.165, 1.54) is 0 Å². The predicted molar refractivity (Wildman–Crippen MR) is 72.9 cm³/mol. The second-order valence-electron chi connectivity index (χ2n) is 4.05. The van der Waals surface area contributed by atoms with Crippen LogP contribution >= 0.6 is 15.9 Å². The van der Waals surface area contributed by atoms with Crippen molar-refractivity contribution in [2.45, 2.75) is 19.8 Å². The third-order valence-electron chi connectivity index (χ3n) is 2.78. The first kappa shape index (κ1) is 13.2. The zero-order chi connectivity index (χ0) is 13.3. The number of anilines is 1. The molecule has 1 aromatic carbocycles. The molecule has 96 valence electrons. The van der Waals surface area contributed by atoms with Gasteiger partial charge in [-0.1, -0.05) is 13.3 Å². The van der Waals surface area contributed by atoms with Gasteiger partial charge >= 0.3 is 0 Å². The maximum atomic E-state index is 13.7. The van der Waals surface area contributed by atoms with Gasteiger partial charge in [0.15, 0.2) is 5.82 Å². The fraction of sp³-hybridized carbons (Fsp3) is 0.308. The van der Waals surface area contributed by atoms with E-state index < -0.39 is 11.6 Å². The van der Waals surface area contributed by atoms with E-state index in [2.05, 4.69) is 26.2 Å². The predicted octanol–water partition coefficient (Wildman–Crippen LogP) is 4.27. The van der Waals surface area contributed by atoms with Crippen LogP contribution in [0.3, 0.4) is 0 Å². The van der Waals surface area contributed by atoms with Gasteiger partial charge in [-0.25, -0.2) is 13.8 Å². The third-order valence-corrected chi connectivity index (χ3v) is 3.59. The first-order valence-corrected chi connectivity index (χ1v) is 6.52. The lowest BCUT2D eigenvalue weighted by atomic mass is 10.1. The van der Waals surface area contributed by atoms with E-state index in [0.29, 0.717) is 11.2 Å². The molecule has 0 atom stereocenters. The summed E-state index contributed by atoms with van der Waals surface area (Å²) in [6, 6.07) is 2.63. The van der Waals surface area contributed by atoms with Crippen LogP contribution in [0, 0.1) is 11.6 Å². The van der Waals surface area contributed by atoms with E-state index in [-0.39, 0.29) is 9.99 Å². The Kier molecular flexibility index (Phi) is 3.80. The Balaban J connectivity index is 2.78. The molecule has 0 aliphatic carbocycles. The first-order chi connectivity index (χ1) is 8.58. The minimum atomic E-state index is -0.648. The number of aromatic nitrogens is 1. The van der Waals surface area contributed by atoms with Crippen molar-refractivity contribution in [3.63, 3.8) is 0 Å². The fourth-order valence-corrected chi connectivity index (χ4v) is 2.37. The smallest absolute Gasteiger partial charge is 0.152 e. The highest BCUT2D eigenvalue weighted by Crippen LogP contribution is 2.31. The molecule has 0 spiro atoms. The molecule has 1 N–H and O–H groups in total. The van der Waals surface area contributed by atoms with E-state index in [1.54, 1.807) is 13.1 Å². The van der Waals surface area contributed by atoms with Crippen LogP contribution in [0.15, 0.2) is 16.6 Å². The molecule has 0 saturated heterocycles. The van der Waals surface area contributed by atoms with Gasteiger partial charge in [0.05, 0.1) is 4.47 Å². The average molecular weight is 315 g/mol. The number of benzene rings is 1. The van der Waals surface area contributed by atoms with Crippen molar-refractivity contribution in [3.8, 4) is 0 Å². The SMILES string of the molecule is CCCc1cc2c(Br)c(F)cc(F)c2nc1NC. The van der Waals surface area contributed by atoms with Gasteiger partial charge in [-0.05, 0) is 34.0 Å². The number of nitrogens with zero attached hydrogens (tertiary/aromatic N) is 1. The number of nitrogens with one attached hydrogen (secondary N) is 1. The van der Waals surface area contributed by atoms with Gasteiger partial charge in [-0.15, -0.1) is 0 Å². The molecule has 0 bridgehead atoms. The van der Waals surface area contributed by atoms with Crippen LogP contribution in [0.5, 0.6) is 0 Å². The maximum Gasteiger partial charge on any atom is 0.152 e. The molecular weight excluding hydrogens is 302 g/mol. The van der Waals surface area contributed by atoms with Gasteiger partial charge < -0.3 is 5.32 Å². The number of halogens is 3. The topological polar surface area (TPSA) is 24.9 Å². The summed E-state index contributed by atoms with van der Waals surface area (Å²) < 4.78 is 27.4. The molecule has 0 aliphatic heterocycles. The van der Waals surface area contributed by atoms with Crippen LogP contribution in [0.25, 0.3) is 10.9 Å². The minimum Gasteiger partial charge on any atom is -0.373 e. The molecule has 0 fully saturated rings. The number of rotatable bonds is 3. The average Bonchev–Trinajstić information content (AvgIpc) is 2.36. The van der Waals surface area contributed by atoms with Gasteiger partial charge in [0.2, 0.25) is 0 Å². The molecule has 0 radical (unpaired) electrons. The summed E-state index contributed by atoms with van der Waals surface area (Å²) in [5, 5.41) is 3.41. The highest BCUT2D eigenvalue weighted by molar-refractivity contribution is 9.10. The van der Waals surface area contributed by atoms with Crippen molar-refractivity contribution in [1.82, 2.24) is 4.98 Å². The van der Waals surface area contributed by atoms with Gasteiger partial charge in [0, 0.05) is 18.5 Å². The Morgan fingerprint density at radius 1 is 1.28 bits per heavy atom. The van der Waals surface area contributed by atoms with E-state index in [0.717, 1.165) is 24.5 Å². The van der Waals surface area contributed by atoms with E-state index in [4.69, 9.17) is 0 Å². The number of hydrogen-bond donors (Lipinski definition) is 1. The molecule has 0 aliphatic rings. The van der Waals surface area contributed by atoms with Crippen LogP contribution in [0.2, 0.25) is 0 Å². The van der Waals surface area contributed by atoms with Gasteiger partial charge in [-0.3, -0.25) is 0 Å². The van der Waals surface area contributed by atoms with Crippen molar-refractivity contribution in [2.75, 3.05) is 12.4 Å². The Bertz CT molecular complexity index is 599. The summed E-state index contributed by atoms with van der Waals surface area (Å²) in [6.07, 6.45) is 1.75. The normalized spacial score (nSPS) is 10.9. The molecule has 2 nitrogen and oxygen atoms in total. The number of pyridine rings is 1. The van der Waals surface area contributed by atoms with Crippen LogP contribution < -0.4 is 5.32 Å². The lowest BCUT2D eigenvalue weighted by molar-refractivity contribution is 0.586. The largest absolute Gasteiger partial charge is 0.373 e. The van der Waals surface area contributed by atoms with Crippen LogP contribution in [0.1, 0.15) is 18.9 Å². The highest BCUT2D eigenvalue weighted by atomic mass is 79.9. The lowest BCUT2D eigenvalue weighted by Crippen LogP contribution is -2.01. The van der Waals surface area contributed by atoms with Crippen LogP contribution in [-0.4, -0.2) is 12.0 Å². The summed E-state index contributed by atoms with van der Waals surface area (Å²) >= 11 is 3.14. The Morgan fingerprint density at radius 2 is 2.00 bits per heavy atom. The molecule has 0 amide bonds. The molecule has 1 heterocycles. The van der Waals surface area contributed by atoms with Gasteiger partial charge in [0.25, 0.3) is 0 Å². The second kappa shape index (κ2) is 5.18. The van der Waals surface area contributed by atoms with Gasteiger partial charge in [-0.2, -0.15) is 0 Å². The van der Waals surface area contributed by atoms with E-state index >= 15 is 0 Å². The van der Waals surface area contributed by atoms with Gasteiger partial charge in [0.1, 0.15) is 17.2 Å². The van der Waals surface area contributed by atoms with Crippen LogP contribution in [-0.2, 0) is 6.42 Å². The third kappa shape index (κ3) is 2.19. The summed E-state index contributed by atoms with van der Waals surface area (Å²) in [5.74, 6) is -0.617. The molecule has 1 aromatic heterocycles. The zero-order valence-electron chi connectivity index (χ0n) is 10.2. The number of hydrogen-bond acceptors (Lipinski definition) is 2. The van der Waals surface area contributed by atoms with Crippen molar-refractivity contribution in [3.05, 3.63) is 33.8 Å². The molecule has 5 heteroatoms. The second-order valence-corrected chi connectivity index (χ2v) is 4.84. The fourth-order valence-electron chi connectivity index (χ4n) is 1.95. The standard InChI is InChI=1S/C13H13BrF2N2/c1-3-4-7-5-8-11(14)9(15)6-10(16)12(8)18-13(7)17-2/h5-6H,3-4H2,1-2H3,(H,17,18). The Morgan fingerprint density at radius 3 is 2.61 bits per heavy atom. The number of fused-ring (bicyclic) bond motifs is 1. The Labute approximate surface area is 113 Å². The molecule has 0 saturated carbocycles. The summed E-state index contributed by atoms with van der Waals surface area (Å²) in [6.45, 7) is 2.05. The van der Waals surface area contributed by atoms with Crippen LogP contribution in [0.4, 0.5) is 14.6 Å².